The Labute approximate surface area is 107 Å². The summed E-state index contributed by atoms with van der Waals surface area (Å²) in [6, 6.07) is 0. The van der Waals surface area contributed by atoms with Crippen LogP contribution in [0.2, 0.25) is 0 Å². The van der Waals surface area contributed by atoms with Crippen LogP contribution < -0.4 is 5.73 Å². The summed E-state index contributed by atoms with van der Waals surface area (Å²) >= 11 is 2.75. The molecule has 0 unspecified atom stereocenters. The fourth-order valence-electron chi connectivity index (χ4n) is 0.868. The smallest absolute Gasteiger partial charge is 0.382 e. The van der Waals surface area contributed by atoms with E-state index in [4.69, 9.17) is 5.73 Å². The van der Waals surface area contributed by atoms with Crippen LogP contribution in [0.15, 0.2) is 6.20 Å². The number of Topliss-reactive ketones (excluding diaryl/α,β-unsaturated/α-hetero) is 1. The van der Waals surface area contributed by atoms with Crippen LogP contribution in [0, 0.1) is 0 Å². The lowest BCUT2D eigenvalue weighted by atomic mass is 10.2. The predicted molar refractivity (Wildman–Crippen MR) is 59.9 cm³/mol. The van der Waals surface area contributed by atoms with Crippen molar-refractivity contribution in [2.75, 3.05) is 11.1 Å². The molecule has 0 fully saturated rings. The van der Waals surface area contributed by atoms with Crippen molar-refractivity contribution in [1.29, 1.82) is 0 Å². The molecule has 0 amide bonds. The molecule has 0 bridgehead atoms. The summed E-state index contributed by atoms with van der Waals surface area (Å²) in [5.74, 6) is -1.18. The number of nitrogen functional groups attached to an aromatic ring is 1. The number of alkyl halides is 4. The highest BCUT2D eigenvalue weighted by molar-refractivity contribution is 9.09. The highest BCUT2D eigenvalue weighted by Gasteiger charge is 2.38. The molecule has 0 aromatic carbocycles. The number of ketones is 1. The van der Waals surface area contributed by atoms with Crippen LogP contribution >= 0.6 is 32.9 Å². The molecular formula is C7H6Br2F3N3O. The molecule has 1 heterocycles. The van der Waals surface area contributed by atoms with Gasteiger partial charge in [0.05, 0.1) is 11.5 Å². The van der Waals surface area contributed by atoms with Gasteiger partial charge in [-0.15, -0.1) is 17.0 Å². The summed E-state index contributed by atoms with van der Waals surface area (Å²) in [5.41, 5.74) is 2.99. The molecule has 0 saturated heterocycles. The summed E-state index contributed by atoms with van der Waals surface area (Å²) in [5, 5.41) is -0.255. The van der Waals surface area contributed by atoms with Crippen molar-refractivity contribution in [3.63, 3.8) is 0 Å². The number of hydrogen-bond acceptors (Lipinski definition) is 4. The van der Waals surface area contributed by atoms with Gasteiger partial charge in [-0.05, 0) is 0 Å². The van der Waals surface area contributed by atoms with E-state index in [0.717, 1.165) is 6.20 Å². The van der Waals surface area contributed by atoms with E-state index in [2.05, 4.69) is 25.9 Å². The third-order valence-electron chi connectivity index (χ3n) is 1.45. The lowest BCUT2D eigenvalue weighted by Crippen LogP contribution is -2.18. The second kappa shape index (κ2) is 5.58. The minimum absolute atomic E-state index is 0. The van der Waals surface area contributed by atoms with Gasteiger partial charge < -0.3 is 5.73 Å². The van der Waals surface area contributed by atoms with Gasteiger partial charge in [0.1, 0.15) is 11.5 Å². The number of carbonyl (C=O) groups excluding carboxylic acids is 1. The van der Waals surface area contributed by atoms with Gasteiger partial charge >= 0.3 is 6.18 Å². The van der Waals surface area contributed by atoms with Crippen LogP contribution in [0.5, 0.6) is 0 Å². The molecule has 0 saturated carbocycles. The lowest BCUT2D eigenvalue weighted by Gasteiger charge is -2.09. The van der Waals surface area contributed by atoms with Crippen molar-refractivity contribution in [3.8, 4) is 0 Å². The van der Waals surface area contributed by atoms with E-state index >= 15 is 0 Å². The van der Waals surface area contributed by atoms with Gasteiger partial charge in [-0.2, -0.15) is 13.2 Å². The maximum absolute atomic E-state index is 12.4. The quantitative estimate of drug-likeness (QED) is 0.645. The minimum Gasteiger partial charge on any atom is -0.382 e. The number of hydrogen-bond donors (Lipinski definition) is 1. The number of nitrogens with zero attached hydrogens (tertiary/aromatic N) is 2. The Kier molecular flexibility index (Phi) is 5.33. The molecule has 90 valence electrons. The highest BCUT2D eigenvalue weighted by Crippen LogP contribution is 2.30. The topological polar surface area (TPSA) is 68.9 Å². The molecule has 0 radical (unpaired) electrons. The van der Waals surface area contributed by atoms with Crippen LogP contribution in [-0.2, 0) is 6.18 Å². The molecule has 0 spiro atoms. The van der Waals surface area contributed by atoms with Gasteiger partial charge in [0, 0.05) is 0 Å². The molecule has 16 heavy (non-hydrogen) atoms. The largest absolute Gasteiger partial charge is 0.435 e. The minimum atomic E-state index is -4.74. The Hall–Kier alpha value is -0.700. The normalized spacial score (nSPS) is 10.8. The third kappa shape index (κ3) is 3.41. The molecule has 1 aromatic heterocycles. The summed E-state index contributed by atoms with van der Waals surface area (Å²) in [7, 11) is 0. The van der Waals surface area contributed by atoms with Crippen molar-refractivity contribution in [3.05, 3.63) is 17.6 Å². The zero-order valence-corrected chi connectivity index (χ0v) is 10.9. The maximum atomic E-state index is 12.4. The first-order chi connectivity index (χ1) is 6.86. The molecule has 4 nitrogen and oxygen atoms in total. The average Bonchev–Trinajstić information content (AvgIpc) is 2.15. The second-order valence-corrected chi connectivity index (χ2v) is 3.11. The zero-order valence-electron chi connectivity index (χ0n) is 7.58. The summed E-state index contributed by atoms with van der Waals surface area (Å²) in [4.78, 5) is 17.5. The molecule has 0 atom stereocenters. The molecule has 1 rings (SSSR count). The van der Waals surface area contributed by atoms with Crippen molar-refractivity contribution in [2.24, 2.45) is 0 Å². The van der Waals surface area contributed by atoms with Crippen LogP contribution in [0.4, 0.5) is 19.0 Å². The number of carbonyl (C=O) groups is 1. The Balaban J connectivity index is 0.00000225. The molecule has 1 aromatic rings. The van der Waals surface area contributed by atoms with Crippen LogP contribution in [0.25, 0.3) is 0 Å². The predicted octanol–water partition coefficient (Wildman–Crippen LogP) is 2.23. The van der Waals surface area contributed by atoms with E-state index in [9.17, 15) is 18.0 Å². The molecule has 0 aliphatic carbocycles. The standard InChI is InChI=1S/C7H5BrF3N3O.BrH/c8-1-3(15)5-6(7(9,10)11)14-4(12)2-13-5;/h2H,1H2,(H2,12,14);1H. The van der Waals surface area contributed by atoms with Gasteiger partial charge in [0.25, 0.3) is 0 Å². The van der Waals surface area contributed by atoms with E-state index in [0.29, 0.717) is 0 Å². The monoisotopic (exact) mass is 363 g/mol. The van der Waals surface area contributed by atoms with Crippen LogP contribution in [0.3, 0.4) is 0 Å². The van der Waals surface area contributed by atoms with Gasteiger partial charge in [0.15, 0.2) is 11.5 Å². The number of nitrogens with two attached hydrogens (primary N) is 1. The van der Waals surface area contributed by atoms with Crippen molar-refractivity contribution < 1.29 is 18.0 Å². The van der Waals surface area contributed by atoms with Crippen LogP contribution in [-0.4, -0.2) is 21.1 Å². The van der Waals surface area contributed by atoms with Crippen molar-refractivity contribution in [2.45, 2.75) is 6.18 Å². The van der Waals surface area contributed by atoms with E-state index in [1.54, 1.807) is 0 Å². The maximum Gasteiger partial charge on any atom is 0.435 e. The van der Waals surface area contributed by atoms with Crippen LogP contribution in [0.1, 0.15) is 16.2 Å². The molecule has 9 heteroatoms. The molecule has 2 N–H and O–H groups in total. The van der Waals surface area contributed by atoms with Gasteiger partial charge in [-0.1, -0.05) is 15.9 Å². The Morgan fingerprint density at radius 3 is 2.50 bits per heavy atom. The van der Waals surface area contributed by atoms with Gasteiger partial charge in [-0.25, -0.2) is 9.97 Å². The third-order valence-corrected chi connectivity index (χ3v) is 1.95. The summed E-state index contributed by atoms with van der Waals surface area (Å²) in [6.45, 7) is 0. The van der Waals surface area contributed by atoms with E-state index < -0.39 is 23.3 Å². The SMILES string of the molecule is Br.Nc1cnc(C(=O)CBr)c(C(F)(F)F)n1. The first kappa shape index (κ1) is 15.3. The number of rotatable bonds is 2. The van der Waals surface area contributed by atoms with E-state index in [-0.39, 0.29) is 28.1 Å². The molecular weight excluding hydrogens is 359 g/mol. The number of anilines is 1. The number of aromatic nitrogens is 2. The van der Waals surface area contributed by atoms with Crippen molar-refractivity contribution in [1.82, 2.24) is 9.97 Å². The Morgan fingerprint density at radius 1 is 1.50 bits per heavy atom. The molecule has 0 aliphatic heterocycles. The Morgan fingerprint density at radius 2 is 2.06 bits per heavy atom. The highest BCUT2D eigenvalue weighted by atomic mass is 79.9. The van der Waals surface area contributed by atoms with Gasteiger partial charge in [-0.3, -0.25) is 4.79 Å². The first-order valence-corrected chi connectivity index (χ1v) is 4.77. The zero-order chi connectivity index (χ0) is 11.6. The Bertz CT molecular complexity index is 397. The van der Waals surface area contributed by atoms with E-state index in [1.807, 2.05) is 0 Å². The summed E-state index contributed by atoms with van der Waals surface area (Å²) < 4.78 is 37.2. The fraction of sp³-hybridized carbons (Fsp3) is 0.286. The molecule has 0 aliphatic rings. The number of halogens is 5. The van der Waals surface area contributed by atoms with Crippen molar-refractivity contribution >= 4 is 44.5 Å². The second-order valence-electron chi connectivity index (χ2n) is 2.55. The van der Waals surface area contributed by atoms with E-state index in [1.165, 1.54) is 0 Å². The summed E-state index contributed by atoms with van der Waals surface area (Å²) in [6.07, 6.45) is -3.83. The lowest BCUT2D eigenvalue weighted by molar-refractivity contribution is -0.141. The average molecular weight is 365 g/mol. The van der Waals surface area contributed by atoms with Gasteiger partial charge in [0.2, 0.25) is 0 Å². The first-order valence-electron chi connectivity index (χ1n) is 3.65. The fourth-order valence-corrected chi connectivity index (χ4v) is 1.13.